The summed E-state index contributed by atoms with van der Waals surface area (Å²) in [5.41, 5.74) is 3.27. The Bertz CT molecular complexity index is 487. The lowest BCUT2D eigenvalue weighted by atomic mass is 10.1. The van der Waals surface area contributed by atoms with Crippen molar-refractivity contribution in [1.29, 1.82) is 0 Å². The molecule has 1 nitrogen and oxygen atoms in total. The molecule has 0 atom stereocenters. The van der Waals surface area contributed by atoms with E-state index in [1.807, 2.05) is 0 Å². The first-order chi connectivity index (χ1) is 13.8. The third kappa shape index (κ3) is 17.7. The van der Waals surface area contributed by atoms with Crippen molar-refractivity contribution >= 4 is 8.32 Å². The van der Waals surface area contributed by atoms with Gasteiger partial charge in [0.15, 0.2) is 8.32 Å². The van der Waals surface area contributed by atoms with Gasteiger partial charge in [0.05, 0.1) is 0 Å². The zero-order valence-corrected chi connectivity index (χ0v) is 21.6. The predicted molar refractivity (Wildman–Crippen MR) is 135 cm³/mol. The van der Waals surface area contributed by atoms with Crippen LogP contribution in [0.4, 0.5) is 0 Å². The summed E-state index contributed by atoms with van der Waals surface area (Å²) in [4.78, 5) is 0. The minimum atomic E-state index is -1.59. The summed E-state index contributed by atoms with van der Waals surface area (Å²) in [6.07, 6.45) is 28.7. The van der Waals surface area contributed by atoms with Gasteiger partial charge in [0.25, 0.3) is 0 Å². The summed E-state index contributed by atoms with van der Waals surface area (Å²) in [6.45, 7) is 14.6. The average molecular weight is 419 g/mol. The van der Waals surface area contributed by atoms with Crippen LogP contribution in [0.1, 0.15) is 105 Å². The normalized spacial score (nSPS) is 12.6. The summed E-state index contributed by atoms with van der Waals surface area (Å²) < 4.78 is 6.16. The summed E-state index contributed by atoms with van der Waals surface area (Å²) in [7, 11) is -1.59. The lowest BCUT2D eigenvalue weighted by molar-refractivity contribution is 0.294. The van der Waals surface area contributed by atoms with Gasteiger partial charge >= 0.3 is 0 Å². The van der Waals surface area contributed by atoms with Gasteiger partial charge in [0, 0.05) is 6.61 Å². The predicted octanol–water partition coefficient (Wildman–Crippen LogP) is 9.53. The van der Waals surface area contributed by atoms with Crippen molar-refractivity contribution in [3.05, 3.63) is 42.2 Å². The summed E-state index contributed by atoms with van der Waals surface area (Å²) >= 11 is 0. The molecule has 0 aromatic carbocycles. The van der Waals surface area contributed by atoms with Crippen molar-refractivity contribution < 1.29 is 4.43 Å². The van der Waals surface area contributed by atoms with Crippen LogP contribution in [0.25, 0.3) is 0 Å². The van der Waals surface area contributed by atoms with E-state index in [1.54, 1.807) is 0 Å². The molecule has 29 heavy (non-hydrogen) atoms. The zero-order valence-electron chi connectivity index (χ0n) is 20.6. The molecule has 0 aromatic heterocycles. The zero-order chi connectivity index (χ0) is 21.8. The van der Waals surface area contributed by atoms with Crippen LogP contribution < -0.4 is 0 Å². The first-order valence-electron chi connectivity index (χ1n) is 12.1. The van der Waals surface area contributed by atoms with E-state index in [2.05, 4.69) is 83.0 Å². The van der Waals surface area contributed by atoms with Gasteiger partial charge in [-0.2, -0.15) is 0 Å². The second-order valence-corrected chi connectivity index (χ2v) is 14.5. The third-order valence-corrected chi connectivity index (χ3v) is 10.4. The van der Waals surface area contributed by atoms with Crippen LogP contribution in [0.2, 0.25) is 18.1 Å². The lowest BCUT2D eigenvalue weighted by Gasteiger charge is -2.36. The maximum Gasteiger partial charge on any atom is 0.191 e. The molecule has 0 heterocycles. The highest BCUT2D eigenvalue weighted by atomic mass is 28.4. The van der Waals surface area contributed by atoms with Gasteiger partial charge in [0.1, 0.15) is 0 Å². The largest absolute Gasteiger partial charge is 0.416 e. The van der Waals surface area contributed by atoms with Gasteiger partial charge in [-0.25, -0.2) is 0 Å². The highest BCUT2D eigenvalue weighted by Crippen LogP contribution is 2.36. The lowest BCUT2D eigenvalue weighted by Crippen LogP contribution is -2.40. The molecule has 2 heteroatoms. The van der Waals surface area contributed by atoms with E-state index in [4.69, 9.17) is 4.43 Å². The number of hydrogen-bond acceptors (Lipinski definition) is 1. The van der Waals surface area contributed by atoms with Crippen molar-refractivity contribution in [2.75, 3.05) is 6.61 Å². The Balaban J connectivity index is 3.59. The van der Waals surface area contributed by atoms with E-state index in [0.29, 0.717) is 5.04 Å². The molecule has 0 saturated carbocycles. The second-order valence-electron chi connectivity index (χ2n) is 9.65. The van der Waals surface area contributed by atoms with Crippen LogP contribution in [0.15, 0.2) is 42.2 Å². The van der Waals surface area contributed by atoms with Crippen molar-refractivity contribution in [3.8, 4) is 0 Å². The Morgan fingerprint density at radius 3 is 1.97 bits per heavy atom. The van der Waals surface area contributed by atoms with Gasteiger partial charge in [-0.15, -0.1) is 5.73 Å². The molecule has 0 aliphatic heterocycles. The number of rotatable bonds is 17. The standard InChI is InChI=1S/C27H50OSi/c1-7-8-9-10-11-12-13-14-15-16-17-18-19-20-21-22-23-24-25-26-28-29(5,6)27(2,3)4/h16-17,19-20,22,24H,7-15,18,21,25-26H2,1-6H3/b17-16-,20-19-. The smallest absolute Gasteiger partial charge is 0.191 e. The monoisotopic (exact) mass is 418 g/mol. The highest BCUT2D eigenvalue weighted by Gasteiger charge is 2.36. The van der Waals surface area contributed by atoms with Crippen molar-refractivity contribution in [2.45, 2.75) is 123 Å². The number of allylic oxidation sites excluding steroid dienone is 4. The van der Waals surface area contributed by atoms with E-state index >= 15 is 0 Å². The molecule has 0 amide bonds. The summed E-state index contributed by atoms with van der Waals surface area (Å²) in [5, 5.41) is 0.291. The Kier molecular flexibility index (Phi) is 17.5. The van der Waals surface area contributed by atoms with Crippen LogP contribution in [-0.2, 0) is 4.43 Å². The Morgan fingerprint density at radius 2 is 1.31 bits per heavy atom. The maximum absolute atomic E-state index is 6.16. The van der Waals surface area contributed by atoms with E-state index in [9.17, 15) is 0 Å². The molecule has 168 valence electrons. The molecule has 0 fully saturated rings. The van der Waals surface area contributed by atoms with Gasteiger partial charge in [-0.3, -0.25) is 0 Å². The molecule has 0 N–H and O–H groups in total. The molecule has 0 rings (SSSR count). The first-order valence-corrected chi connectivity index (χ1v) is 15.1. The summed E-state index contributed by atoms with van der Waals surface area (Å²) in [6, 6.07) is 0. The molecule has 0 unspecified atom stereocenters. The Labute approximate surface area is 184 Å². The second kappa shape index (κ2) is 18.0. The summed E-state index contributed by atoms with van der Waals surface area (Å²) in [5.74, 6) is 0. The highest BCUT2D eigenvalue weighted by molar-refractivity contribution is 6.74. The Hall–Kier alpha value is -0.823. The third-order valence-electron chi connectivity index (χ3n) is 5.85. The molecule has 0 bridgehead atoms. The molecule has 0 radical (unpaired) electrons. The molecule has 0 aromatic rings. The molecule has 0 aliphatic carbocycles. The fourth-order valence-electron chi connectivity index (χ4n) is 2.77. The van der Waals surface area contributed by atoms with E-state index in [1.165, 1.54) is 57.8 Å². The molecular weight excluding hydrogens is 368 g/mol. The van der Waals surface area contributed by atoms with E-state index in [-0.39, 0.29) is 0 Å². The molecule has 0 aliphatic rings. The van der Waals surface area contributed by atoms with Crippen LogP contribution in [0.3, 0.4) is 0 Å². The SMILES string of the molecule is CCCCCCCCCC/C=C\C/C=C\CC=C=CCCO[Si](C)(C)C(C)(C)C. The maximum atomic E-state index is 6.16. The van der Waals surface area contributed by atoms with E-state index < -0.39 is 8.32 Å². The minimum absolute atomic E-state index is 0.291. The quantitative estimate of drug-likeness (QED) is 0.0988. The van der Waals surface area contributed by atoms with Crippen LogP contribution >= 0.6 is 0 Å². The van der Waals surface area contributed by atoms with Gasteiger partial charge in [0.2, 0.25) is 0 Å². The molecule has 0 saturated heterocycles. The topological polar surface area (TPSA) is 9.23 Å². The van der Waals surface area contributed by atoms with E-state index in [0.717, 1.165) is 25.9 Å². The van der Waals surface area contributed by atoms with Crippen LogP contribution in [0, 0.1) is 0 Å². The minimum Gasteiger partial charge on any atom is -0.416 e. The molecule has 0 spiro atoms. The Morgan fingerprint density at radius 1 is 0.724 bits per heavy atom. The van der Waals surface area contributed by atoms with Gasteiger partial charge in [-0.05, 0) is 62.4 Å². The van der Waals surface area contributed by atoms with Gasteiger partial charge < -0.3 is 4.43 Å². The van der Waals surface area contributed by atoms with Gasteiger partial charge in [-0.1, -0.05) is 96.9 Å². The van der Waals surface area contributed by atoms with Crippen LogP contribution in [-0.4, -0.2) is 14.9 Å². The number of hydrogen-bond donors (Lipinski definition) is 0. The van der Waals surface area contributed by atoms with Crippen molar-refractivity contribution in [2.24, 2.45) is 0 Å². The fraction of sp³-hybridized carbons (Fsp3) is 0.741. The number of unbranched alkanes of at least 4 members (excludes halogenated alkanes) is 8. The van der Waals surface area contributed by atoms with Crippen molar-refractivity contribution in [1.82, 2.24) is 0 Å². The average Bonchev–Trinajstić information content (AvgIpc) is 2.65. The van der Waals surface area contributed by atoms with Crippen LogP contribution in [0.5, 0.6) is 0 Å². The fourth-order valence-corrected chi connectivity index (χ4v) is 3.83. The van der Waals surface area contributed by atoms with Crippen molar-refractivity contribution in [3.63, 3.8) is 0 Å². The first kappa shape index (κ1) is 28.2. The molecular formula is C27H50OSi.